The van der Waals surface area contributed by atoms with E-state index in [0.717, 1.165) is 40.9 Å². The van der Waals surface area contributed by atoms with E-state index in [-0.39, 0.29) is 11.7 Å². The van der Waals surface area contributed by atoms with Crippen LogP contribution in [0.2, 0.25) is 0 Å². The Balaban J connectivity index is 1.79. The largest absolute Gasteiger partial charge is 0.360 e. The highest BCUT2D eigenvalue weighted by atomic mass is 16.5. The minimum atomic E-state index is 0.141. The van der Waals surface area contributed by atoms with Crippen molar-refractivity contribution in [2.24, 2.45) is 5.92 Å². The zero-order chi connectivity index (χ0) is 14.0. The number of carbonyl (C=O) groups is 1. The summed E-state index contributed by atoms with van der Waals surface area (Å²) < 4.78 is 5.55. The van der Waals surface area contributed by atoms with Gasteiger partial charge in [0.25, 0.3) is 0 Å². The summed E-state index contributed by atoms with van der Waals surface area (Å²) in [5.74, 6) is 1.64. The summed E-state index contributed by atoms with van der Waals surface area (Å²) in [7, 11) is 0. The third kappa shape index (κ3) is 1.33. The number of fused-ring (bicyclic) bond motifs is 6. The van der Waals surface area contributed by atoms with Gasteiger partial charge in [0.15, 0.2) is 5.78 Å². The molecule has 1 aromatic carbocycles. The Morgan fingerprint density at radius 1 is 1.19 bits per heavy atom. The van der Waals surface area contributed by atoms with Crippen LogP contribution in [0.5, 0.6) is 0 Å². The second-order valence-corrected chi connectivity index (χ2v) is 5.96. The van der Waals surface area contributed by atoms with Gasteiger partial charge in [-0.2, -0.15) is 0 Å². The Morgan fingerprint density at radius 3 is 2.95 bits per heavy atom. The average Bonchev–Trinajstić information content (AvgIpc) is 3.11. The molecule has 0 aliphatic heterocycles. The van der Waals surface area contributed by atoms with Crippen molar-refractivity contribution in [2.45, 2.75) is 18.8 Å². The van der Waals surface area contributed by atoms with E-state index in [9.17, 15) is 4.79 Å². The number of nitrogens with zero attached hydrogens (tertiary/aromatic N) is 1. The van der Waals surface area contributed by atoms with Crippen LogP contribution in [-0.2, 0) is 6.42 Å². The molecule has 3 aliphatic rings. The third-order valence-corrected chi connectivity index (χ3v) is 4.95. The van der Waals surface area contributed by atoms with Crippen LogP contribution in [0.25, 0.3) is 5.57 Å². The molecular weight excluding hydrogens is 262 g/mol. The van der Waals surface area contributed by atoms with Crippen molar-refractivity contribution < 1.29 is 9.32 Å². The highest BCUT2D eigenvalue weighted by Crippen LogP contribution is 2.52. The van der Waals surface area contributed by atoms with Crippen molar-refractivity contribution in [3.63, 3.8) is 0 Å². The molecule has 5 rings (SSSR count). The lowest BCUT2D eigenvalue weighted by atomic mass is 9.71. The molecule has 1 aromatic heterocycles. The van der Waals surface area contributed by atoms with Crippen molar-refractivity contribution >= 4 is 11.4 Å². The van der Waals surface area contributed by atoms with Crippen molar-refractivity contribution in [3.8, 4) is 0 Å². The number of ketones is 1. The molecule has 3 heteroatoms. The molecule has 0 fully saturated rings. The van der Waals surface area contributed by atoms with Gasteiger partial charge in [-0.05, 0) is 29.9 Å². The summed E-state index contributed by atoms with van der Waals surface area (Å²) in [5, 5.41) is 3.98. The van der Waals surface area contributed by atoms with Gasteiger partial charge in [-0.3, -0.25) is 4.79 Å². The predicted molar refractivity (Wildman–Crippen MR) is 77.9 cm³/mol. The molecule has 1 heterocycles. The number of aromatic nitrogens is 1. The minimum absolute atomic E-state index is 0.141. The molecule has 2 unspecified atom stereocenters. The Kier molecular flexibility index (Phi) is 2.05. The van der Waals surface area contributed by atoms with Crippen LogP contribution < -0.4 is 0 Å². The summed E-state index contributed by atoms with van der Waals surface area (Å²) in [6.45, 7) is 0. The first kappa shape index (κ1) is 11.3. The van der Waals surface area contributed by atoms with E-state index in [4.69, 9.17) is 4.52 Å². The zero-order valence-corrected chi connectivity index (χ0v) is 11.4. The normalized spacial score (nSPS) is 25.4. The second kappa shape index (κ2) is 3.82. The number of hydrogen-bond acceptors (Lipinski definition) is 3. The number of carbonyl (C=O) groups excluding carboxylic acids is 1. The number of allylic oxidation sites excluding steroid dienone is 4. The summed E-state index contributed by atoms with van der Waals surface area (Å²) >= 11 is 0. The average molecular weight is 275 g/mol. The molecule has 0 saturated carbocycles. The molecule has 102 valence electrons. The van der Waals surface area contributed by atoms with Gasteiger partial charge < -0.3 is 4.52 Å². The topological polar surface area (TPSA) is 43.1 Å². The molecule has 2 aromatic rings. The number of benzene rings is 1. The van der Waals surface area contributed by atoms with Crippen molar-refractivity contribution in [1.82, 2.24) is 5.16 Å². The van der Waals surface area contributed by atoms with Crippen LogP contribution in [0.15, 0.2) is 52.7 Å². The maximum Gasteiger partial charge on any atom is 0.193 e. The molecule has 0 amide bonds. The van der Waals surface area contributed by atoms with Gasteiger partial charge >= 0.3 is 0 Å². The highest BCUT2D eigenvalue weighted by Gasteiger charge is 2.42. The van der Waals surface area contributed by atoms with Crippen LogP contribution in [0.1, 0.15) is 39.6 Å². The van der Waals surface area contributed by atoms with Gasteiger partial charge in [0.05, 0.1) is 12.1 Å². The summed E-state index contributed by atoms with van der Waals surface area (Å²) in [6.07, 6.45) is 8.11. The second-order valence-electron chi connectivity index (χ2n) is 5.96. The number of aryl methyl sites for hydroxylation is 1. The summed E-state index contributed by atoms with van der Waals surface area (Å²) in [5.41, 5.74) is 5.05. The van der Waals surface area contributed by atoms with Gasteiger partial charge in [0, 0.05) is 16.7 Å². The number of Topliss-reactive ketones (excluding diaryl/α,β-unsaturated/α-hetero) is 1. The van der Waals surface area contributed by atoms with Crippen molar-refractivity contribution in [1.29, 1.82) is 0 Å². The molecule has 0 saturated heterocycles. The van der Waals surface area contributed by atoms with Gasteiger partial charge in [-0.1, -0.05) is 41.6 Å². The Hall–Kier alpha value is -2.42. The number of rotatable bonds is 0. The lowest BCUT2D eigenvalue weighted by Crippen LogP contribution is -2.21. The van der Waals surface area contributed by atoms with Gasteiger partial charge in [0.2, 0.25) is 0 Å². The van der Waals surface area contributed by atoms with Crippen molar-refractivity contribution in [2.75, 3.05) is 0 Å². The first-order chi connectivity index (χ1) is 10.3. The fraction of sp³-hybridized carbons (Fsp3) is 0.222. The Morgan fingerprint density at radius 2 is 2.05 bits per heavy atom. The highest BCUT2D eigenvalue weighted by molar-refractivity contribution is 6.23. The first-order valence-electron chi connectivity index (χ1n) is 7.34. The maximum atomic E-state index is 12.6. The first-order valence-corrected chi connectivity index (χ1v) is 7.34. The zero-order valence-electron chi connectivity index (χ0n) is 11.4. The molecule has 0 radical (unpaired) electrons. The molecule has 3 aliphatic carbocycles. The fourth-order valence-corrected chi connectivity index (χ4v) is 4.00. The van der Waals surface area contributed by atoms with Crippen molar-refractivity contribution in [3.05, 3.63) is 70.6 Å². The fourth-order valence-electron chi connectivity index (χ4n) is 4.00. The molecule has 2 atom stereocenters. The monoisotopic (exact) mass is 275 g/mol. The van der Waals surface area contributed by atoms with E-state index in [1.54, 1.807) is 0 Å². The SMILES string of the molecule is O=C1C2=C(c3ccccc31)C1c3oncc3CCC1C=C2. The Bertz CT molecular complexity index is 840. The van der Waals surface area contributed by atoms with E-state index < -0.39 is 0 Å². The predicted octanol–water partition coefficient (Wildman–Crippen LogP) is 3.54. The third-order valence-electron chi connectivity index (χ3n) is 4.95. The van der Waals surface area contributed by atoms with E-state index >= 15 is 0 Å². The van der Waals surface area contributed by atoms with E-state index in [2.05, 4.69) is 17.3 Å². The summed E-state index contributed by atoms with van der Waals surface area (Å²) in [6, 6.07) is 7.90. The smallest absolute Gasteiger partial charge is 0.193 e. The standard InChI is InChI=1S/C18H13NO2/c20-17-13-4-2-1-3-12(13)16-14(17)8-7-10-5-6-11-9-19-21-18(11)15(10)16/h1-4,7-10,15H,5-6H2. The molecule has 0 N–H and O–H groups in total. The number of hydrogen-bond donors (Lipinski definition) is 0. The molecule has 21 heavy (non-hydrogen) atoms. The van der Waals surface area contributed by atoms with Crippen LogP contribution in [0.4, 0.5) is 0 Å². The lowest BCUT2D eigenvalue weighted by Gasteiger charge is -2.32. The molecule has 0 spiro atoms. The molecule has 0 bridgehead atoms. The lowest BCUT2D eigenvalue weighted by molar-refractivity contribution is 0.104. The van der Waals surface area contributed by atoms with Crippen LogP contribution in [0.3, 0.4) is 0 Å². The van der Waals surface area contributed by atoms with Gasteiger partial charge in [-0.15, -0.1) is 0 Å². The van der Waals surface area contributed by atoms with E-state index in [1.165, 1.54) is 5.56 Å². The minimum Gasteiger partial charge on any atom is -0.360 e. The maximum absolute atomic E-state index is 12.6. The van der Waals surface area contributed by atoms with Gasteiger partial charge in [0.1, 0.15) is 5.76 Å². The summed E-state index contributed by atoms with van der Waals surface area (Å²) in [4.78, 5) is 12.6. The van der Waals surface area contributed by atoms with Gasteiger partial charge in [-0.25, -0.2) is 0 Å². The van der Waals surface area contributed by atoms with Crippen LogP contribution in [0, 0.1) is 5.92 Å². The molecule has 3 nitrogen and oxygen atoms in total. The quantitative estimate of drug-likeness (QED) is 0.738. The van der Waals surface area contributed by atoms with Crippen LogP contribution in [-0.4, -0.2) is 10.9 Å². The van der Waals surface area contributed by atoms with E-state index in [0.29, 0.717) is 5.92 Å². The van der Waals surface area contributed by atoms with E-state index in [1.807, 2.05) is 30.5 Å². The Labute approximate surface area is 122 Å². The molecular formula is C18H13NO2. The van der Waals surface area contributed by atoms with Crippen LogP contribution >= 0.6 is 0 Å².